The Morgan fingerprint density at radius 1 is 1.31 bits per heavy atom. The van der Waals surface area contributed by atoms with Crippen molar-refractivity contribution < 1.29 is 9.53 Å². The summed E-state index contributed by atoms with van der Waals surface area (Å²) in [6.45, 7) is 5.17. The molecule has 2 rings (SSSR count). The highest BCUT2D eigenvalue weighted by atomic mass is 16.5. The maximum atomic E-state index is 10.7. The van der Waals surface area contributed by atoms with Crippen LogP contribution in [0.5, 0.6) is 0 Å². The minimum Gasteiger partial charge on any atom is -0.379 e. The van der Waals surface area contributed by atoms with Crippen LogP contribution in [0.4, 0.5) is 4.79 Å². The molecular weight excluding hydrogens is 170 g/mol. The van der Waals surface area contributed by atoms with Crippen molar-refractivity contribution >= 4 is 6.03 Å². The molecule has 2 aliphatic rings. The number of likely N-dealkylation sites (tertiary alicyclic amines) is 1. The van der Waals surface area contributed by atoms with E-state index in [2.05, 4.69) is 4.90 Å². The molecule has 0 atom stereocenters. The molecule has 13 heavy (non-hydrogen) atoms. The van der Waals surface area contributed by atoms with E-state index in [0.717, 1.165) is 39.4 Å². The molecule has 0 radical (unpaired) electrons. The van der Waals surface area contributed by atoms with E-state index >= 15 is 0 Å². The first kappa shape index (κ1) is 8.77. The van der Waals surface area contributed by atoms with E-state index in [0.29, 0.717) is 6.04 Å². The monoisotopic (exact) mass is 185 g/mol. The lowest BCUT2D eigenvalue weighted by Gasteiger charge is -2.45. The van der Waals surface area contributed by atoms with Crippen molar-refractivity contribution in [3.8, 4) is 0 Å². The maximum absolute atomic E-state index is 10.7. The molecule has 0 aromatic heterocycles. The predicted molar refractivity (Wildman–Crippen MR) is 47.3 cm³/mol. The van der Waals surface area contributed by atoms with Crippen LogP contribution in [0.15, 0.2) is 0 Å². The van der Waals surface area contributed by atoms with E-state index in [4.69, 9.17) is 10.5 Å². The second-order valence-corrected chi connectivity index (χ2v) is 3.55. The van der Waals surface area contributed by atoms with Gasteiger partial charge >= 0.3 is 6.03 Å². The Morgan fingerprint density at radius 3 is 2.46 bits per heavy atom. The predicted octanol–water partition coefficient (Wildman–Crippen LogP) is -0.918. The molecule has 0 spiro atoms. The van der Waals surface area contributed by atoms with Crippen LogP contribution < -0.4 is 5.73 Å². The molecule has 0 aromatic carbocycles. The lowest BCUT2D eigenvalue weighted by atomic mass is 10.1. The van der Waals surface area contributed by atoms with E-state index in [-0.39, 0.29) is 6.03 Å². The van der Waals surface area contributed by atoms with E-state index in [1.807, 2.05) is 0 Å². The Bertz CT molecular complexity index is 198. The van der Waals surface area contributed by atoms with Gasteiger partial charge in [0, 0.05) is 32.2 Å². The standard InChI is InChI=1S/C8H15N3O2/c9-8(12)11-5-7(6-11)10-1-3-13-4-2-10/h7H,1-6H2,(H2,9,12). The number of morpholine rings is 1. The highest BCUT2D eigenvalue weighted by Crippen LogP contribution is 2.15. The lowest BCUT2D eigenvalue weighted by Crippen LogP contribution is -2.63. The summed E-state index contributed by atoms with van der Waals surface area (Å²) in [4.78, 5) is 14.7. The van der Waals surface area contributed by atoms with Crippen LogP contribution in [0, 0.1) is 0 Å². The van der Waals surface area contributed by atoms with Gasteiger partial charge in [-0.2, -0.15) is 0 Å². The molecule has 2 N–H and O–H groups in total. The van der Waals surface area contributed by atoms with E-state index < -0.39 is 0 Å². The van der Waals surface area contributed by atoms with Gasteiger partial charge in [-0.15, -0.1) is 0 Å². The lowest BCUT2D eigenvalue weighted by molar-refractivity contribution is -0.0194. The first-order chi connectivity index (χ1) is 6.27. The summed E-state index contributed by atoms with van der Waals surface area (Å²) in [6.07, 6.45) is 0. The summed E-state index contributed by atoms with van der Waals surface area (Å²) >= 11 is 0. The quantitative estimate of drug-likeness (QED) is 0.575. The minimum absolute atomic E-state index is 0.301. The fraction of sp³-hybridized carbons (Fsp3) is 0.875. The summed E-state index contributed by atoms with van der Waals surface area (Å²) in [5, 5.41) is 0. The van der Waals surface area contributed by atoms with Crippen molar-refractivity contribution in [2.24, 2.45) is 5.73 Å². The van der Waals surface area contributed by atoms with Crippen LogP contribution >= 0.6 is 0 Å². The van der Waals surface area contributed by atoms with Gasteiger partial charge in [-0.3, -0.25) is 4.90 Å². The molecule has 0 aromatic rings. The average Bonchev–Trinajstić information content (AvgIpc) is 2.02. The third kappa shape index (κ3) is 1.76. The first-order valence-corrected chi connectivity index (χ1v) is 4.63. The third-order valence-corrected chi connectivity index (χ3v) is 2.74. The highest BCUT2D eigenvalue weighted by molar-refractivity contribution is 5.73. The Hall–Kier alpha value is -0.810. The summed E-state index contributed by atoms with van der Waals surface area (Å²) in [5.74, 6) is 0. The second-order valence-electron chi connectivity index (χ2n) is 3.55. The van der Waals surface area contributed by atoms with Gasteiger partial charge in [0.05, 0.1) is 13.2 Å². The molecule has 2 saturated heterocycles. The Labute approximate surface area is 77.4 Å². The van der Waals surface area contributed by atoms with Gasteiger partial charge in [-0.1, -0.05) is 0 Å². The third-order valence-electron chi connectivity index (χ3n) is 2.74. The molecule has 2 fully saturated rings. The molecular formula is C8H15N3O2. The number of carbonyl (C=O) groups is 1. The van der Waals surface area contributed by atoms with Crippen molar-refractivity contribution in [1.82, 2.24) is 9.80 Å². The van der Waals surface area contributed by atoms with Crippen molar-refractivity contribution in [2.75, 3.05) is 39.4 Å². The van der Waals surface area contributed by atoms with Crippen LogP contribution in [0.1, 0.15) is 0 Å². The van der Waals surface area contributed by atoms with E-state index in [1.165, 1.54) is 0 Å². The van der Waals surface area contributed by atoms with Crippen LogP contribution in [0.25, 0.3) is 0 Å². The van der Waals surface area contributed by atoms with Gasteiger partial charge in [0.25, 0.3) is 0 Å². The molecule has 0 bridgehead atoms. The zero-order chi connectivity index (χ0) is 9.26. The number of urea groups is 1. The number of rotatable bonds is 1. The Morgan fingerprint density at radius 2 is 1.92 bits per heavy atom. The largest absolute Gasteiger partial charge is 0.379 e. The smallest absolute Gasteiger partial charge is 0.314 e. The van der Waals surface area contributed by atoms with Gasteiger partial charge in [-0.25, -0.2) is 4.79 Å². The number of carbonyl (C=O) groups excluding carboxylic acids is 1. The molecule has 0 unspecified atom stereocenters. The molecule has 2 amide bonds. The van der Waals surface area contributed by atoms with E-state index in [1.54, 1.807) is 4.90 Å². The maximum Gasteiger partial charge on any atom is 0.314 e. The Kier molecular flexibility index (Phi) is 2.37. The van der Waals surface area contributed by atoms with Crippen molar-refractivity contribution in [1.29, 1.82) is 0 Å². The van der Waals surface area contributed by atoms with Crippen LogP contribution in [-0.4, -0.2) is 61.3 Å². The fourth-order valence-corrected chi connectivity index (χ4v) is 1.81. The summed E-state index contributed by atoms with van der Waals surface area (Å²) < 4.78 is 5.25. The molecule has 0 aliphatic carbocycles. The number of hydrogen-bond acceptors (Lipinski definition) is 3. The fourth-order valence-electron chi connectivity index (χ4n) is 1.81. The second kappa shape index (κ2) is 3.51. The number of primary amides is 1. The highest BCUT2D eigenvalue weighted by Gasteiger charge is 2.34. The van der Waals surface area contributed by atoms with E-state index in [9.17, 15) is 4.79 Å². The number of ether oxygens (including phenoxy) is 1. The molecule has 2 aliphatic heterocycles. The van der Waals surface area contributed by atoms with Gasteiger partial charge in [0.2, 0.25) is 0 Å². The number of hydrogen-bond donors (Lipinski definition) is 1. The zero-order valence-corrected chi connectivity index (χ0v) is 7.61. The molecule has 74 valence electrons. The molecule has 2 heterocycles. The number of amides is 2. The van der Waals surface area contributed by atoms with Gasteiger partial charge < -0.3 is 15.4 Å². The first-order valence-electron chi connectivity index (χ1n) is 4.63. The number of nitrogens with two attached hydrogens (primary N) is 1. The van der Waals surface area contributed by atoms with Crippen LogP contribution in [-0.2, 0) is 4.74 Å². The molecule has 5 heteroatoms. The van der Waals surface area contributed by atoms with Crippen LogP contribution in [0.2, 0.25) is 0 Å². The van der Waals surface area contributed by atoms with Crippen molar-refractivity contribution in [2.45, 2.75) is 6.04 Å². The summed E-state index contributed by atoms with van der Waals surface area (Å²) in [6, 6.07) is 0.209. The SMILES string of the molecule is NC(=O)N1CC(N2CCOCC2)C1. The topological polar surface area (TPSA) is 58.8 Å². The molecule has 0 saturated carbocycles. The zero-order valence-electron chi connectivity index (χ0n) is 7.61. The molecule has 5 nitrogen and oxygen atoms in total. The van der Waals surface area contributed by atoms with Crippen molar-refractivity contribution in [3.63, 3.8) is 0 Å². The minimum atomic E-state index is -0.301. The van der Waals surface area contributed by atoms with Gasteiger partial charge in [0.1, 0.15) is 0 Å². The van der Waals surface area contributed by atoms with Crippen LogP contribution in [0.3, 0.4) is 0 Å². The normalized spacial score (nSPS) is 25.7. The van der Waals surface area contributed by atoms with Gasteiger partial charge in [-0.05, 0) is 0 Å². The number of nitrogens with zero attached hydrogens (tertiary/aromatic N) is 2. The Balaban J connectivity index is 1.75. The summed E-state index contributed by atoms with van der Waals surface area (Å²) in [7, 11) is 0. The van der Waals surface area contributed by atoms with Crippen molar-refractivity contribution in [3.05, 3.63) is 0 Å². The average molecular weight is 185 g/mol. The van der Waals surface area contributed by atoms with Gasteiger partial charge in [0.15, 0.2) is 0 Å². The summed E-state index contributed by atoms with van der Waals surface area (Å²) in [5.41, 5.74) is 5.13.